The predicted molar refractivity (Wildman–Crippen MR) is 113 cm³/mol. The highest BCUT2D eigenvalue weighted by atomic mass is 16.5. The molecule has 3 N–H and O–H groups in total. The van der Waals surface area contributed by atoms with Crippen molar-refractivity contribution < 1.29 is 9.53 Å². The van der Waals surface area contributed by atoms with Crippen molar-refractivity contribution in [2.45, 2.75) is 19.3 Å². The lowest BCUT2D eigenvalue weighted by Crippen LogP contribution is -2.42. The first-order valence-corrected chi connectivity index (χ1v) is 9.69. The third kappa shape index (κ3) is 5.82. The van der Waals surface area contributed by atoms with Crippen molar-refractivity contribution in [1.82, 2.24) is 4.90 Å². The lowest BCUT2D eigenvalue weighted by Gasteiger charge is -2.32. The molecule has 0 saturated carbocycles. The molecule has 1 aliphatic heterocycles. The molecule has 0 aromatic heterocycles. The van der Waals surface area contributed by atoms with E-state index in [0.717, 1.165) is 44.6 Å². The number of amidine groups is 1. The largest absolute Gasteiger partial charge is 0.497 e. The number of aliphatic imine (C=N–C) groups is 1. The third-order valence-corrected chi connectivity index (χ3v) is 5.06. The molecule has 2 aromatic carbocycles. The summed E-state index contributed by atoms with van der Waals surface area (Å²) in [4.78, 5) is 18.7. The molecule has 6 nitrogen and oxygen atoms in total. The van der Waals surface area contributed by atoms with E-state index in [0.29, 0.717) is 11.5 Å². The number of methoxy groups -OCH3 is 1. The second-order valence-corrected chi connectivity index (χ2v) is 7.07. The molecule has 0 aliphatic carbocycles. The van der Waals surface area contributed by atoms with Gasteiger partial charge in [0.05, 0.1) is 7.11 Å². The number of hydrogen-bond donors (Lipinski definition) is 2. The summed E-state index contributed by atoms with van der Waals surface area (Å²) in [5.74, 6) is 1.26. The van der Waals surface area contributed by atoms with Gasteiger partial charge in [-0.25, -0.2) is 4.79 Å². The van der Waals surface area contributed by atoms with Crippen LogP contribution in [0.3, 0.4) is 0 Å². The van der Waals surface area contributed by atoms with Gasteiger partial charge in [0.1, 0.15) is 11.6 Å². The standard InChI is InChI=1S/C22H28N4O2/c1-28-20-11-9-19(10-12-20)24-22(27)25-21(23)18-8-5-14-26(16-18)15-13-17-6-3-2-4-7-17/h2-4,6-7,9-12,18H,5,8,13-16H2,1H3,(H3,23,24,25,27). The fourth-order valence-corrected chi connectivity index (χ4v) is 3.47. The van der Waals surface area contributed by atoms with E-state index < -0.39 is 6.03 Å². The van der Waals surface area contributed by atoms with Crippen molar-refractivity contribution in [2.24, 2.45) is 16.6 Å². The van der Waals surface area contributed by atoms with Crippen LogP contribution >= 0.6 is 0 Å². The average Bonchev–Trinajstić information content (AvgIpc) is 2.73. The number of amides is 2. The van der Waals surface area contributed by atoms with Crippen LogP contribution in [0.15, 0.2) is 59.6 Å². The van der Waals surface area contributed by atoms with Crippen LogP contribution in [0, 0.1) is 5.92 Å². The summed E-state index contributed by atoms with van der Waals surface area (Å²) in [5.41, 5.74) is 8.16. The van der Waals surface area contributed by atoms with Gasteiger partial charge in [0.25, 0.3) is 0 Å². The Morgan fingerprint density at radius 1 is 1.21 bits per heavy atom. The summed E-state index contributed by atoms with van der Waals surface area (Å²) in [7, 11) is 1.60. The number of benzene rings is 2. The Labute approximate surface area is 166 Å². The summed E-state index contributed by atoms with van der Waals surface area (Å²) in [5, 5.41) is 2.75. The van der Waals surface area contributed by atoms with Crippen molar-refractivity contribution in [2.75, 3.05) is 32.1 Å². The molecule has 1 atom stereocenters. The van der Waals surface area contributed by atoms with Crippen molar-refractivity contribution in [3.63, 3.8) is 0 Å². The number of piperidine rings is 1. The number of nitrogens with zero attached hydrogens (tertiary/aromatic N) is 2. The highest BCUT2D eigenvalue weighted by molar-refractivity contribution is 6.00. The number of hydrogen-bond acceptors (Lipinski definition) is 3. The maximum absolute atomic E-state index is 12.2. The molecule has 1 saturated heterocycles. The highest BCUT2D eigenvalue weighted by Crippen LogP contribution is 2.18. The minimum absolute atomic E-state index is 0.117. The van der Waals surface area contributed by atoms with E-state index in [1.54, 1.807) is 31.4 Å². The average molecular weight is 380 g/mol. The molecule has 1 aliphatic rings. The molecular weight excluding hydrogens is 352 g/mol. The van der Waals surface area contributed by atoms with E-state index >= 15 is 0 Å². The summed E-state index contributed by atoms with van der Waals surface area (Å²) in [6, 6.07) is 17.2. The van der Waals surface area contributed by atoms with E-state index in [2.05, 4.69) is 39.5 Å². The summed E-state index contributed by atoms with van der Waals surface area (Å²) in [6.45, 7) is 2.90. The number of rotatable bonds is 6. The fourth-order valence-electron chi connectivity index (χ4n) is 3.47. The zero-order valence-electron chi connectivity index (χ0n) is 16.3. The van der Waals surface area contributed by atoms with Gasteiger partial charge in [0.15, 0.2) is 0 Å². The van der Waals surface area contributed by atoms with E-state index in [4.69, 9.17) is 10.5 Å². The zero-order valence-corrected chi connectivity index (χ0v) is 16.3. The molecule has 0 spiro atoms. The Kier molecular flexibility index (Phi) is 7.03. The zero-order chi connectivity index (χ0) is 19.8. The van der Waals surface area contributed by atoms with Crippen LogP contribution in [0.2, 0.25) is 0 Å². The van der Waals surface area contributed by atoms with Gasteiger partial charge in [-0.15, -0.1) is 0 Å². The van der Waals surface area contributed by atoms with Gasteiger partial charge in [-0.1, -0.05) is 30.3 Å². The molecule has 1 heterocycles. The lowest BCUT2D eigenvalue weighted by molar-refractivity contribution is 0.206. The molecular formula is C22H28N4O2. The molecule has 3 rings (SSSR count). The summed E-state index contributed by atoms with van der Waals surface area (Å²) < 4.78 is 5.11. The first kappa shape index (κ1) is 19.9. The predicted octanol–water partition coefficient (Wildman–Crippen LogP) is 3.54. The smallest absolute Gasteiger partial charge is 0.347 e. The number of anilines is 1. The number of nitrogens with one attached hydrogen (secondary N) is 1. The van der Waals surface area contributed by atoms with Crippen molar-refractivity contribution >= 4 is 17.6 Å². The number of carbonyl (C=O) groups excluding carboxylic acids is 1. The topological polar surface area (TPSA) is 79.9 Å². The molecule has 1 unspecified atom stereocenters. The number of urea groups is 1. The Morgan fingerprint density at radius 3 is 2.68 bits per heavy atom. The first-order valence-electron chi connectivity index (χ1n) is 9.69. The van der Waals surface area contributed by atoms with Crippen LogP contribution < -0.4 is 15.8 Å². The van der Waals surface area contributed by atoms with Crippen molar-refractivity contribution in [3.05, 3.63) is 60.2 Å². The second kappa shape index (κ2) is 9.90. The first-order chi connectivity index (χ1) is 13.6. The lowest BCUT2D eigenvalue weighted by atomic mass is 9.96. The Bertz CT molecular complexity index is 790. The number of nitrogens with two attached hydrogens (primary N) is 1. The van der Waals surface area contributed by atoms with Gasteiger partial charge in [-0.2, -0.15) is 4.99 Å². The van der Waals surface area contributed by atoms with Crippen LogP contribution in [0.4, 0.5) is 10.5 Å². The van der Waals surface area contributed by atoms with Gasteiger partial charge in [-0.3, -0.25) is 0 Å². The van der Waals surface area contributed by atoms with E-state index in [1.807, 2.05) is 6.07 Å². The minimum atomic E-state index is -0.441. The molecule has 6 heteroatoms. The van der Waals surface area contributed by atoms with Crippen LogP contribution in [-0.4, -0.2) is 43.5 Å². The Morgan fingerprint density at radius 2 is 1.96 bits per heavy atom. The molecule has 2 aromatic rings. The van der Waals surface area contributed by atoms with Crippen molar-refractivity contribution in [1.29, 1.82) is 0 Å². The minimum Gasteiger partial charge on any atom is -0.497 e. The van der Waals surface area contributed by atoms with Gasteiger partial charge < -0.3 is 20.7 Å². The SMILES string of the molecule is COc1ccc(NC(=O)/N=C(\N)C2CCCN(CCc3ccccc3)C2)cc1. The van der Waals surface area contributed by atoms with Crippen LogP contribution in [0.25, 0.3) is 0 Å². The van der Waals surface area contributed by atoms with E-state index in [9.17, 15) is 4.79 Å². The normalized spacial score (nSPS) is 17.9. The second-order valence-electron chi connectivity index (χ2n) is 7.07. The number of likely N-dealkylation sites (tertiary alicyclic amines) is 1. The molecule has 2 amide bonds. The van der Waals surface area contributed by atoms with Crippen LogP contribution in [-0.2, 0) is 6.42 Å². The van der Waals surface area contributed by atoms with Crippen molar-refractivity contribution in [3.8, 4) is 5.75 Å². The molecule has 0 bridgehead atoms. The van der Waals surface area contributed by atoms with Gasteiger partial charge >= 0.3 is 6.03 Å². The number of carbonyl (C=O) groups is 1. The van der Waals surface area contributed by atoms with Gasteiger partial charge in [0.2, 0.25) is 0 Å². The van der Waals surface area contributed by atoms with Gasteiger partial charge in [0, 0.05) is 24.7 Å². The monoisotopic (exact) mass is 380 g/mol. The molecule has 148 valence electrons. The molecule has 0 radical (unpaired) electrons. The highest BCUT2D eigenvalue weighted by Gasteiger charge is 2.23. The Hall–Kier alpha value is -2.86. The maximum Gasteiger partial charge on any atom is 0.347 e. The fraction of sp³-hybridized carbons (Fsp3) is 0.364. The molecule has 28 heavy (non-hydrogen) atoms. The maximum atomic E-state index is 12.2. The van der Waals surface area contributed by atoms with E-state index in [1.165, 1.54) is 5.56 Å². The number of ether oxygens (including phenoxy) is 1. The summed E-state index contributed by atoms with van der Waals surface area (Å²) >= 11 is 0. The third-order valence-electron chi connectivity index (χ3n) is 5.06. The van der Waals surface area contributed by atoms with Crippen LogP contribution in [0.1, 0.15) is 18.4 Å². The van der Waals surface area contributed by atoms with E-state index in [-0.39, 0.29) is 5.92 Å². The Balaban J connectivity index is 1.51. The quantitative estimate of drug-likeness (QED) is 0.593. The van der Waals surface area contributed by atoms with Crippen LogP contribution in [0.5, 0.6) is 5.75 Å². The van der Waals surface area contributed by atoms with Gasteiger partial charge in [-0.05, 0) is 55.6 Å². The summed E-state index contributed by atoms with van der Waals surface area (Å²) in [6.07, 6.45) is 3.05. The molecule has 1 fully saturated rings.